The highest BCUT2D eigenvalue weighted by molar-refractivity contribution is 7.13. The lowest BCUT2D eigenvalue weighted by atomic mass is 10.3. The van der Waals surface area contributed by atoms with Gasteiger partial charge in [-0.15, -0.1) is 5.10 Å². The standard InChI is InChI=1S/C14H17N3O2S/c1-2-18-11-4-3-5-12(8-11)19-14-17-16-13(20-14)9-15-10-6-7-10/h3-5,8,10,15H,2,6-7,9H2,1H3. The molecule has 1 aliphatic rings. The van der Waals surface area contributed by atoms with Crippen molar-refractivity contribution < 1.29 is 9.47 Å². The molecule has 1 heterocycles. The third-order valence-corrected chi connectivity index (χ3v) is 3.69. The summed E-state index contributed by atoms with van der Waals surface area (Å²) in [6.07, 6.45) is 2.54. The first-order chi connectivity index (χ1) is 9.83. The Kier molecular flexibility index (Phi) is 4.13. The van der Waals surface area contributed by atoms with Crippen LogP contribution in [0.1, 0.15) is 24.8 Å². The van der Waals surface area contributed by atoms with Gasteiger partial charge >= 0.3 is 0 Å². The monoisotopic (exact) mass is 291 g/mol. The van der Waals surface area contributed by atoms with Crippen LogP contribution in [0, 0.1) is 0 Å². The zero-order chi connectivity index (χ0) is 13.8. The predicted octanol–water partition coefficient (Wildman–Crippen LogP) is 2.98. The van der Waals surface area contributed by atoms with Crippen LogP contribution in [0.15, 0.2) is 24.3 Å². The van der Waals surface area contributed by atoms with E-state index >= 15 is 0 Å². The lowest BCUT2D eigenvalue weighted by molar-refractivity contribution is 0.338. The van der Waals surface area contributed by atoms with E-state index in [0.717, 1.165) is 17.3 Å². The molecule has 5 nitrogen and oxygen atoms in total. The Morgan fingerprint density at radius 1 is 1.30 bits per heavy atom. The fraction of sp³-hybridized carbons (Fsp3) is 0.429. The smallest absolute Gasteiger partial charge is 0.299 e. The van der Waals surface area contributed by atoms with Gasteiger partial charge in [0.15, 0.2) is 0 Å². The van der Waals surface area contributed by atoms with E-state index in [1.165, 1.54) is 24.2 Å². The Balaban J connectivity index is 1.60. The first kappa shape index (κ1) is 13.3. The molecular formula is C14H17N3O2S. The molecule has 1 aromatic heterocycles. The Morgan fingerprint density at radius 2 is 2.15 bits per heavy atom. The van der Waals surface area contributed by atoms with Crippen LogP contribution in [0.4, 0.5) is 0 Å². The molecule has 6 heteroatoms. The topological polar surface area (TPSA) is 56.3 Å². The maximum Gasteiger partial charge on any atom is 0.299 e. The maximum absolute atomic E-state index is 5.71. The fourth-order valence-electron chi connectivity index (χ4n) is 1.76. The molecule has 0 atom stereocenters. The van der Waals surface area contributed by atoms with Gasteiger partial charge in [-0.1, -0.05) is 22.5 Å². The van der Waals surface area contributed by atoms with Crippen molar-refractivity contribution in [1.29, 1.82) is 0 Å². The van der Waals surface area contributed by atoms with Gasteiger partial charge in [0.1, 0.15) is 16.5 Å². The van der Waals surface area contributed by atoms with E-state index in [2.05, 4.69) is 15.5 Å². The van der Waals surface area contributed by atoms with Gasteiger partial charge in [-0.25, -0.2) is 0 Å². The fourth-order valence-corrected chi connectivity index (χ4v) is 2.42. The average molecular weight is 291 g/mol. The summed E-state index contributed by atoms with van der Waals surface area (Å²) in [4.78, 5) is 0. The van der Waals surface area contributed by atoms with E-state index in [1.54, 1.807) is 0 Å². The minimum Gasteiger partial charge on any atom is -0.494 e. The molecule has 0 saturated heterocycles. The van der Waals surface area contributed by atoms with Crippen molar-refractivity contribution >= 4 is 11.3 Å². The van der Waals surface area contributed by atoms with E-state index < -0.39 is 0 Å². The van der Waals surface area contributed by atoms with Crippen molar-refractivity contribution in [2.24, 2.45) is 0 Å². The first-order valence-electron chi connectivity index (χ1n) is 6.80. The van der Waals surface area contributed by atoms with Gasteiger partial charge in [0, 0.05) is 12.1 Å². The summed E-state index contributed by atoms with van der Waals surface area (Å²) in [5, 5.41) is 13.1. The summed E-state index contributed by atoms with van der Waals surface area (Å²) in [7, 11) is 0. The van der Waals surface area contributed by atoms with Gasteiger partial charge in [-0.3, -0.25) is 0 Å². The van der Waals surface area contributed by atoms with Crippen LogP contribution < -0.4 is 14.8 Å². The summed E-state index contributed by atoms with van der Waals surface area (Å²) >= 11 is 1.47. The molecule has 0 spiro atoms. The van der Waals surface area contributed by atoms with Crippen LogP contribution in [0.5, 0.6) is 16.7 Å². The number of nitrogens with zero attached hydrogens (tertiary/aromatic N) is 2. The Hall–Kier alpha value is -1.66. The largest absolute Gasteiger partial charge is 0.494 e. The quantitative estimate of drug-likeness (QED) is 0.850. The van der Waals surface area contributed by atoms with E-state index in [9.17, 15) is 0 Å². The van der Waals surface area contributed by atoms with Crippen molar-refractivity contribution in [1.82, 2.24) is 15.5 Å². The molecule has 2 aromatic rings. The molecule has 20 heavy (non-hydrogen) atoms. The molecule has 1 N–H and O–H groups in total. The molecule has 1 saturated carbocycles. The second-order valence-corrected chi connectivity index (χ2v) is 5.65. The number of ether oxygens (including phenoxy) is 2. The number of hydrogen-bond donors (Lipinski definition) is 1. The molecule has 0 radical (unpaired) electrons. The van der Waals surface area contributed by atoms with Crippen molar-refractivity contribution in [3.05, 3.63) is 29.3 Å². The highest BCUT2D eigenvalue weighted by Gasteiger charge is 2.20. The SMILES string of the molecule is CCOc1cccc(Oc2nnc(CNC3CC3)s2)c1. The number of aromatic nitrogens is 2. The minimum absolute atomic E-state index is 0.561. The van der Waals surface area contributed by atoms with Gasteiger partial charge in [-0.2, -0.15) is 0 Å². The lowest BCUT2D eigenvalue weighted by Gasteiger charge is -2.05. The average Bonchev–Trinajstić information content (AvgIpc) is 3.18. The Bertz CT molecular complexity index is 569. The predicted molar refractivity (Wildman–Crippen MR) is 77.5 cm³/mol. The molecule has 1 aromatic carbocycles. The molecule has 0 amide bonds. The summed E-state index contributed by atoms with van der Waals surface area (Å²) in [6.45, 7) is 3.36. The van der Waals surface area contributed by atoms with Gasteiger partial charge in [0.05, 0.1) is 13.2 Å². The van der Waals surface area contributed by atoms with E-state index in [0.29, 0.717) is 23.6 Å². The lowest BCUT2D eigenvalue weighted by Crippen LogP contribution is -2.14. The highest BCUT2D eigenvalue weighted by Crippen LogP contribution is 2.28. The van der Waals surface area contributed by atoms with Crippen molar-refractivity contribution in [3.63, 3.8) is 0 Å². The molecule has 0 unspecified atom stereocenters. The summed E-state index contributed by atoms with van der Waals surface area (Å²) in [5.41, 5.74) is 0. The molecule has 0 aliphatic heterocycles. The Morgan fingerprint density at radius 3 is 2.95 bits per heavy atom. The van der Waals surface area contributed by atoms with Gasteiger partial charge in [0.25, 0.3) is 5.19 Å². The zero-order valence-corrected chi connectivity index (χ0v) is 12.2. The molecular weight excluding hydrogens is 274 g/mol. The van der Waals surface area contributed by atoms with Gasteiger partial charge in [-0.05, 0) is 31.9 Å². The van der Waals surface area contributed by atoms with Crippen LogP contribution in [0.3, 0.4) is 0 Å². The van der Waals surface area contributed by atoms with Gasteiger partial charge < -0.3 is 14.8 Å². The molecule has 1 fully saturated rings. The van der Waals surface area contributed by atoms with Gasteiger partial charge in [0.2, 0.25) is 0 Å². The number of nitrogens with one attached hydrogen (secondary N) is 1. The third-order valence-electron chi connectivity index (χ3n) is 2.89. The molecule has 106 valence electrons. The second-order valence-electron chi connectivity index (χ2n) is 4.63. The number of rotatable bonds is 7. The normalized spacial score (nSPS) is 14.2. The molecule has 3 rings (SSSR count). The van der Waals surface area contributed by atoms with Crippen LogP contribution in [0.2, 0.25) is 0 Å². The summed E-state index contributed by atoms with van der Waals surface area (Å²) < 4.78 is 11.1. The zero-order valence-electron chi connectivity index (χ0n) is 11.3. The molecule has 0 bridgehead atoms. The first-order valence-corrected chi connectivity index (χ1v) is 7.61. The summed E-state index contributed by atoms with van der Waals surface area (Å²) in [6, 6.07) is 8.21. The maximum atomic E-state index is 5.71. The van der Waals surface area contributed by atoms with E-state index in [-0.39, 0.29) is 0 Å². The van der Waals surface area contributed by atoms with Crippen LogP contribution in [0.25, 0.3) is 0 Å². The van der Waals surface area contributed by atoms with E-state index in [1.807, 2.05) is 31.2 Å². The van der Waals surface area contributed by atoms with Crippen molar-refractivity contribution in [3.8, 4) is 16.7 Å². The Labute approximate surface area is 121 Å². The van der Waals surface area contributed by atoms with Crippen LogP contribution in [-0.4, -0.2) is 22.8 Å². The van der Waals surface area contributed by atoms with Crippen molar-refractivity contribution in [2.75, 3.05) is 6.61 Å². The molecule has 1 aliphatic carbocycles. The third kappa shape index (κ3) is 3.68. The number of hydrogen-bond acceptors (Lipinski definition) is 6. The summed E-state index contributed by atoms with van der Waals surface area (Å²) in [5.74, 6) is 1.51. The highest BCUT2D eigenvalue weighted by atomic mass is 32.1. The van der Waals surface area contributed by atoms with E-state index in [4.69, 9.17) is 9.47 Å². The second kappa shape index (κ2) is 6.19. The number of benzene rings is 1. The van der Waals surface area contributed by atoms with Crippen LogP contribution >= 0.6 is 11.3 Å². The minimum atomic E-state index is 0.561. The van der Waals surface area contributed by atoms with Crippen LogP contribution in [-0.2, 0) is 6.54 Å². The van der Waals surface area contributed by atoms with Crippen molar-refractivity contribution in [2.45, 2.75) is 32.4 Å².